The molecule has 0 aromatic carbocycles. The summed E-state index contributed by atoms with van der Waals surface area (Å²) < 4.78 is 8.63. The van der Waals surface area contributed by atoms with Crippen molar-refractivity contribution in [2.24, 2.45) is 0 Å². The average Bonchev–Trinajstić information content (AvgIpc) is 3.38. The Kier molecular flexibility index (Phi) is 4.29. The van der Waals surface area contributed by atoms with E-state index in [2.05, 4.69) is 52.9 Å². The topological polar surface area (TPSA) is 97.1 Å². The molecule has 0 saturated carbocycles. The van der Waals surface area contributed by atoms with Gasteiger partial charge in [-0.2, -0.15) is 5.10 Å². The first-order valence-corrected chi connectivity index (χ1v) is 9.69. The fourth-order valence-electron chi connectivity index (χ4n) is 3.56. The molecule has 0 radical (unpaired) electrons. The number of halogens is 1. The van der Waals surface area contributed by atoms with Gasteiger partial charge >= 0.3 is 0 Å². The van der Waals surface area contributed by atoms with Crippen molar-refractivity contribution < 1.29 is 4.74 Å². The second-order valence-corrected chi connectivity index (χ2v) is 7.39. The van der Waals surface area contributed by atoms with Crippen molar-refractivity contribution in [2.45, 2.75) is 19.1 Å². The molecule has 1 fully saturated rings. The van der Waals surface area contributed by atoms with Crippen LogP contribution in [0.1, 0.15) is 18.6 Å². The van der Waals surface area contributed by atoms with Crippen LogP contribution in [-0.4, -0.2) is 53.7 Å². The summed E-state index contributed by atoms with van der Waals surface area (Å²) in [6, 6.07) is 2.04. The van der Waals surface area contributed by atoms with E-state index in [1.165, 1.54) is 0 Å². The number of fused-ring (bicyclic) bond motifs is 1. The first-order chi connectivity index (χ1) is 13.7. The van der Waals surface area contributed by atoms with Crippen LogP contribution in [0.4, 0.5) is 5.82 Å². The molecule has 0 bridgehead atoms. The summed E-state index contributed by atoms with van der Waals surface area (Å²) >= 11 is 3.40. The Morgan fingerprint density at radius 2 is 2.14 bits per heavy atom. The second kappa shape index (κ2) is 6.95. The number of imidazole rings is 1. The SMILES string of the molecule is C[C@@H]1[C@H](c2cn[nH]c2)OCCN1c1ccnc(-c2cnc3cnc(Br)cn23)n1. The molecule has 1 saturated heterocycles. The highest BCUT2D eigenvalue weighted by atomic mass is 79.9. The van der Waals surface area contributed by atoms with Gasteiger partial charge in [-0.3, -0.25) is 9.50 Å². The minimum Gasteiger partial charge on any atom is -0.369 e. The molecule has 28 heavy (non-hydrogen) atoms. The largest absolute Gasteiger partial charge is 0.369 e. The molecule has 9 nitrogen and oxygen atoms in total. The number of hydrogen-bond acceptors (Lipinski definition) is 7. The van der Waals surface area contributed by atoms with Crippen LogP contribution in [0.15, 0.2) is 47.9 Å². The number of morpholine rings is 1. The molecule has 1 aliphatic rings. The smallest absolute Gasteiger partial charge is 0.180 e. The fourth-order valence-corrected chi connectivity index (χ4v) is 3.87. The molecule has 0 amide bonds. The van der Waals surface area contributed by atoms with E-state index in [0.29, 0.717) is 12.4 Å². The zero-order chi connectivity index (χ0) is 19.1. The van der Waals surface area contributed by atoms with Crippen molar-refractivity contribution in [2.75, 3.05) is 18.1 Å². The van der Waals surface area contributed by atoms with Crippen molar-refractivity contribution in [3.8, 4) is 11.5 Å². The van der Waals surface area contributed by atoms with Gasteiger partial charge in [0.15, 0.2) is 11.5 Å². The lowest BCUT2D eigenvalue weighted by Gasteiger charge is -2.39. The van der Waals surface area contributed by atoms with E-state index in [4.69, 9.17) is 9.72 Å². The summed E-state index contributed by atoms with van der Waals surface area (Å²) in [6.07, 6.45) is 10.7. The zero-order valence-electron chi connectivity index (χ0n) is 15.0. The highest BCUT2D eigenvalue weighted by Crippen LogP contribution is 2.31. The zero-order valence-corrected chi connectivity index (χ0v) is 16.6. The van der Waals surface area contributed by atoms with Gasteiger partial charge in [0, 0.05) is 30.7 Å². The van der Waals surface area contributed by atoms with Crippen molar-refractivity contribution >= 4 is 27.4 Å². The number of hydrogen-bond donors (Lipinski definition) is 1. The highest BCUT2D eigenvalue weighted by molar-refractivity contribution is 9.10. The Labute approximate surface area is 168 Å². The van der Waals surface area contributed by atoms with Gasteiger partial charge in [0.2, 0.25) is 0 Å². The molecule has 1 aliphatic heterocycles. The van der Waals surface area contributed by atoms with Crippen LogP contribution >= 0.6 is 15.9 Å². The standard InChI is InChI=1S/C18H17BrN8O/c1-11-17(12-6-23-24-7-12)28-5-4-26(11)15-2-3-20-18(25-15)13-8-22-16-9-21-14(19)10-27(13)16/h2-3,6-11,17H,4-5H2,1H3,(H,23,24)/t11-,17-/m1/s1. The molecule has 0 spiro atoms. The summed E-state index contributed by atoms with van der Waals surface area (Å²) in [7, 11) is 0. The molecule has 0 aliphatic carbocycles. The van der Waals surface area contributed by atoms with Gasteiger partial charge in [-0.05, 0) is 28.9 Å². The Bertz CT molecular complexity index is 1110. The fraction of sp³-hybridized carbons (Fsp3) is 0.278. The van der Waals surface area contributed by atoms with E-state index in [1.807, 2.05) is 22.9 Å². The van der Waals surface area contributed by atoms with E-state index in [-0.39, 0.29) is 12.1 Å². The van der Waals surface area contributed by atoms with Crippen LogP contribution in [0.3, 0.4) is 0 Å². The lowest BCUT2D eigenvalue weighted by Crippen LogP contribution is -2.46. The number of nitrogens with zero attached hydrogens (tertiary/aromatic N) is 7. The lowest BCUT2D eigenvalue weighted by molar-refractivity contribution is 0.0143. The van der Waals surface area contributed by atoms with Gasteiger partial charge in [0.05, 0.1) is 31.2 Å². The number of nitrogens with one attached hydrogen (secondary N) is 1. The molecular weight excluding hydrogens is 424 g/mol. The van der Waals surface area contributed by atoms with Crippen LogP contribution in [0.25, 0.3) is 17.2 Å². The van der Waals surface area contributed by atoms with Crippen LogP contribution in [0, 0.1) is 0 Å². The summed E-state index contributed by atoms with van der Waals surface area (Å²) in [5.74, 6) is 1.47. The van der Waals surface area contributed by atoms with Crippen molar-refractivity contribution in [1.29, 1.82) is 0 Å². The molecule has 1 N–H and O–H groups in total. The Morgan fingerprint density at radius 1 is 1.21 bits per heavy atom. The third-order valence-corrected chi connectivity index (χ3v) is 5.35. The van der Waals surface area contributed by atoms with E-state index < -0.39 is 0 Å². The molecule has 4 aromatic rings. The predicted molar refractivity (Wildman–Crippen MR) is 106 cm³/mol. The molecular formula is C18H17BrN8O. The van der Waals surface area contributed by atoms with Crippen molar-refractivity contribution in [3.05, 3.63) is 53.4 Å². The Balaban J connectivity index is 1.51. The lowest BCUT2D eigenvalue weighted by atomic mass is 10.0. The van der Waals surface area contributed by atoms with Gasteiger partial charge in [0.25, 0.3) is 0 Å². The monoisotopic (exact) mass is 440 g/mol. The first-order valence-electron chi connectivity index (χ1n) is 8.89. The number of aromatic nitrogens is 7. The number of H-pyrrole nitrogens is 1. The van der Waals surface area contributed by atoms with Gasteiger partial charge in [-0.25, -0.2) is 19.9 Å². The summed E-state index contributed by atoms with van der Waals surface area (Å²) in [4.78, 5) is 20.1. The van der Waals surface area contributed by atoms with E-state index in [1.54, 1.807) is 24.8 Å². The van der Waals surface area contributed by atoms with Gasteiger partial charge in [-0.1, -0.05) is 0 Å². The number of anilines is 1. The average molecular weight is 441 g/mol. The maximum absolute atomic E-state index is 5.99. The van der Waals surface area contributed by atoms with Gasteiger partial charge < -0.3 is 9.64 Å². The molecule has 5 heterocycles. The van der Waals surface area contributed by atoms with Gasteiger partial charge in [-0.15, -0.1) is 0 Å². The van der Waals surface area contributed by atoms with E-state index in [9.17, 15) is 0 Å². The maximum atomic E-state index is 5.99. The minimum absolute atomic E-state index is 0.0660. The number of ether oxygens (including phenoxy) is 1. The third kappa shape index (κ3) is 2.94. The molecule has 142 valence electrons. The molecule has 0 unspecified atom stereocenters. The van der Waals surface area contributed by atoms with Gasteiger partial charge in [0.1, 0.15) is 22.2 Å². The molecule has 10 heteroatoms. The van der Waals surface area contributed by atoms with Crippen molar-refractivity contribution in [1.82, 2.24) is 34.5 Å². The second-order valence-electron chi connectivity index (χ2n) is 6.58. The number of aromatic amines is 1. The Hall–Kier alpha value is -2.85. The normalized spacial score (nSPS) is 20.0. The van der Waals surface area contributed by atoms with Crippen LogP contribution < -0.4 is 4.90 Å². The third-order valence-electron chi connectivity index (χ3n) is 4.94. The summed E-state index contributed by atoms with van der Waals surface area (Å²) in [5.41, 5.74) is 2.59. The minimum atomic E-state index is -0.0660. The van der Waals surface area contributed by atoms with E-state index in [0.717, 1.165) is 33.9 Å². The van der Waals surface area contributed by atoms with Crippen LogP contribution in [-0.2, 0) is 4.74 Å². The maximum Gasteiger partial charge on any atom is 0.180 e. The van der Waals surface area contributed by atoms with Crippen molar-refractivity contribution in [3.63, 3.8) is 0 Å². The number of rotatable bonds is 3. The van der Waals surface area contributed by atoms with Crippen LogP contribution in [0.5, 0.6) is 0 Å². The summed E-state index contributed by atoms with van der Waals surface area (Å²) in [6.45, 7) is 3.51. The summed E-state index contributed by atoms with van der Waals surface area (Å²) in [5, 5.41) is 6.90. The predicted octanol–water partition coefficient (Wildman–Crippen LogP) is 2.64. The quantitative estimate of drug-likeness (QED) is 0.522. The van der Waals surface area contributed by atoms with E-state index >= 15 is 0 Å². The first kappa shape index (κ1) is 17.3. The molecule has 5 rings (SSSR count). The van der Waals surface area contributed by atoms with Crippen LogP contribution in [0.2, 0.25) is 0 Å². The highest BCUT2D eigenvalue weighted by Gasteiger charge is 2.31. The molecule has 4 aromatic heterocycles. The molecule has 2 atom stereocenters. The Morgan fingerprint density at radius 3 is 3.00 bits per heavy atom.